The molecule has 0 aliphatic rings. The molecule has 0 atom stereocenters. The Balaban J connectivity index is 1.73. The minimum atomic E-state index is -0.244. The van der Waals surface area contributed by atoms with Gasteiger partial charge in [0, 0.05) is 33.9 Å². The number of nitrogens with one attached hydrogen (secondary N) is 1. The van der Waals surface area contributed by atoms with Crippen LogP contribution in [0.4, 0.5) is 5.13 Å². The number of nitrogens with zero attached hydrogens (tertiary/aromatic N) is 2. The number of thiazole rings is 1. The van der Waals surface area contributed by atoms with E-state index in [2.05, 4.69) is 10.3 Å². The Morgan fingerprint density at radius 2 is 2.19 bits per heavy atom. The van der Waals surface area contributed by atoms with Gasteiger partial charge < -0.3 is 14.6 Å². The fourth-order valence-corrected chi connectivity index (χ4v) is 3.03. The number of carbonyl (C=O) groups excluding carboxylic acids is 1. The van der Waals surface area contributed by atoms with E-state index in [1.807, 2.05) is 18.2 Å². The fourth-order valence-electron chi connectivity index (χ4n) is 2.30. The van der Waals surface area contributed by atoms with Crippen LogP contribution in [0, 0.1) is 6.92 Å². The maximum absolute atomic E-state index is 12.2. The summed E-state index contributed by atoms with van der Waals surface area (Å²) in [6, 6.07) is 8.71. The molecular weight excluding hydrogens is 374 g/mol. The predicted octanol–water partition coefficient (Wildman–Crippen LogP) is 3.48. The molecule has 26 heavy (non-hydrogen) atoms. The molecule has 0 unspecified atom stereocenters. The molecule has 0 bridgehead atoms. The molecule has 2 aromatic heterocycles. The summed E-state index contributed by atoms with van der Waals surface area (Å²) in [7, 11) is 0. The number of amides is 1. The lowest BCUT2D eigenvalue weighted by Crippen LogP contribution is -2.22. The first kappa shape index (κ1) is 18.2. The second-order valence-corrected chi connectivity index (χ2v) is 6.84. The third kappa shape index (κ3) is 4.50. The lowest BCUT2D eigenvalue weighted by atomic mass is 10.2. The first-order chi connectivity index (χ1) is 12.5. The number of hydrogen-bond donors (Lipinski definition) is 1. The number of benzene rings is 1. The van der Waals surface area contributed by atoms with Crippen LogP contribution in [-0.2, 0) is 17.9 Å². The van der Waals surface area contributed by atoms with E-state index in [0.717, 1.165) is 5.56 Å². The number of halogens is 1. The van der Waals surface area contributed by atoms with Gasteiger partial charge in [-0.05, 0) is 13.0 Å². The second kappa shape index (κ2) is 8.16. The number of pyridine rings is 1. The van der Waals surface area contributed by atoms with Crippen molar-refractivity contribution in [3.8, 4) is 5.75 Å². The molecule has 0 aliphatic carbocycles. The topological polar surface area (TPSA) is 73.2 Å². The normalized spacial score (nSPS) is 10.5. The molecule has 0 radical (unpaired) electrons. The molecule has 3 aromatic rings. The van der Waals surface area contributed by atoms with Gasteiger partial charge in [0.1, 0.15) is 13.2 Å². The van der Waals surface area contributed by atoms with E-state index < -0.39 is 0 Å². The van der Waals surface area contributed by atoms with Crippen molar-refractivity contribution in [1.29, 1.82) is 0 Å². The van der Waals surface area contributed by atoms with Crippen molar-refractivity contribution in [2.75, 3.05) is 5.32 Å². The Morgan fingerprint density at radius 3 is 2.92 bits per heavy atom. The van der Waals surface area contributed by atoms with Crippen molar-refractivity contribution in [3.63, 3.8) is 0 Å². The quantitative estimate of drug-likeness (QED) is 0.700. The number of carbonyl (C=O) groups is 1. The van der Waals surface area contributed by atoms with Crippen molar-refractivity contribution in [2.45, 2.75) is 20.1 Å². The van der Waals surface area contributed by atoms with Gasteiger partial charge in [-0.15, -0.1) is 11.3 Å². The van der Waals surface area contributed by atoms with Gasteiger partial charge in [-0.3, -0.25) is 9.59 Å². The third-order valence-electron chi connectivity index (χ3n) is 3.64. The number of aromatic nitrogens is 2. The number of hydrogen-bond acceptors (Lipinski definition) is 5. The van der Waals surface area contributed by atoms with Crippen LogP contribution in [0.15, 0.2) is 52.9 Å². The van der Waals surface area contributed by atoms with E-state index in [1.165, 1.54) is 23.6 Å². The Hall–Kier alpha value is -2.64. The minimum absolute atomic E-state index is 0.0497. The molecule has 1 aromatic carbocycles. The standard InChI is InChI=1S/C18H16ClN3O3S/c1-12-8-15(23)16(25-11-13-4-2-3-5-14(13)19)9-22(12)10-17(24)21-18-20-6-7-26-18/h2-9H,10-11H2,1H3,(H,20,21,24). The Morgan fingerprint density at radius 1 is 1.38 bits per heavy atom. The smallest absolute Gasteiger partial charge is 0.246 e. The van der Waals surface area contributed by atoms with Crippen LogP contribution in [0.25, 0.3) is 0 Å². The number of ether oxygens (including phenoxy) is 1. The van der Waals surface area contributed by atoms with Gasteiger partial charge in [0.05, 0.1) is 6.20 Å². The molecule has 1 N–H and O–H groups in total. The molecule has 6 nitrogen and oxygen atoms in total. The zero-order chi connectivity index (χ0) is 18.5. The Bertz CT molecular complexity index is 970. The number of rotatable bonds is 6. The highest BCUT2D eigenvalue weighted by molar-refractivity contribution is 7.13. The van der Waals surface area contributed by atoms with E-state index in [0.29, 0.717) is 15.8 Å². The van der Waals surface area contributed by atoms with Crippen LogP contribution in [0.3, 0.4) is 0 Å². The number of anilines is 1. The zero-order valence-corrected chi connectivity index (χ0v) is 15.5. The molecule has 3 rings (SSSR count). The first-order valence-corrected chi connectivity index (χ1v) is 9.05. The summed E-state index contributed by atoms with van der Waals surface area (Å²) < 4.78 is 7.29. The summed E-state index contributed by atoms with van der Waals surface area (Å²) in [5.74, 6) is -0.0682. The highest BCUT2D eigenvalue weighted by Crippen LogP contribution is 2.17. The van der Waals surface area contributed by atoms with Crippen molar-refractivity contribution in [2.24, 2.45) is 0 Å². The molecule has 8 heteroatoms. The van der Waals surface area contributed by atoms with Crippen LogP contribution in [0.1, 0.15) is 11.3 Å². The van der Waals surface area contributed by atoms with Crippen LogP contribution < -0.4 is 15.5 Å². The molecule has 134 valence electrons. The molecular formula is C18H16ClN3O3S. The summed E-state index contributed by atoms with van der Waals surface area (Å²) in [5.41, 5.74) is 1.20. The molecule has 2 heterocycles. The van der Waals surface area contributed by atoms with Crippen LogP contribution in [-0.4, -0.2) is 15.5 Å². The summed E-state index contributed by atoms with van der Waals surface area (Å²) in [6.07, 6.45) is 3.15. The van der Waals surface area contributed by atoms with Crippen molar-refractivity contribution < 1.29 is 9.53 Å². The van der Waals surface area contributed by atoms with Crippen LogP contribution >= 0.6 is 22.9 Å². The van der Waals surface area contributed by atoms with Crippen molar-refractivity contribution in [1.82, 2.24) is 9.55 Å². The van der Waals surface area contributed by atoms with Crippen LogP contribution in [0.5, 0.6) is 5.75 Å². The number of aryl methyl sites for hydroxylation is 1. The SMILES string of the molecule is Cc1cc(=O)c(OCc2ccccc2Cl)cn1CC(=O)Nc1nccs1. The highest BCUT2D eigenvalue weighted by atomic mass is 35.5. The molecule has 0 saturated heterocycles. The van der Waals surface area contributed by atoms with Gasteiger partial charge in [-0.2, -0.15) is 0 Å². The van der Waals surface area contributed by atoms with Gasteiger partial charge >= 0.3 is 0 Å². The lowest BCUT2D eigenvalue weighted by molar-refractivity contribution is -0.116. The summed E-state index contributed by atoms with van der Waals surface area (Å²) in [4.78, 5) is 28.3. The van der Waals surface area contributed by atoms with Gasteiger partial charge in [0.2, 0.25) is 11.3 Å². The Labute approximate surface area is 159 Å². The third-order valence-corrected chi connectivity index (χ3v) is 4.70. The van der Waals surface area contributed by atoms with E-state index >= 15 is 0 Å². The van der Waals surface area contributed by atoms with Gasteiger partial charge in [-0.1, -0.05) is 29.8 Å². The van der Waals surface area contributed by atoms with Crippen molar-refractivity contribution >= 4 is 34.0 Å². The maximum atomic E-state index is 12.2. The summed E-state index contributed by atoms with van der Waals surface area (Å²) in [5, 5.41) is 5.59. The maximum Gasteiger partial charge on any atom is 0.246 e. The van der Waals surface area contributed by atoms with E-state index in [-0.39, 0.29) is 30.2 Å². The largest absolute Gasteiger partial charge is 0.483 e. The molecule has 0 aliphatic heterocycles. The first-order valence-electron chi connectivity index (χ1n) is 7.79. The average molecular weight is 390 g/mol. The van der Waals surface area contributed by atoms with Gasteiger partial charge in [0.25, 0.3) is 0 Å². The van der Waals surface area contributed by atoms with Crippen LogP contribution in [0.2, 0.25) is 5.02 Å². The summed E-state index contributed by atoms with van der Waals surface area (Å²) >= 11 is 7.44. The zero-order valence-electron chi connectivity index (χ0n) is 13.9. The molecule has 0 fully saturated rings. The minimum Gasteiger partial charge on any atom is -0.483 e. The molecule has 0 spiro atoms. The monoisotopic (exact) mass is 389 g/mol. The van der Waals surface area contributed by atoms with E-state index in [9.17, 15) is 9.59 Å². The van der Waals surface area contributed by atoms with Crippen molar-refractivity contribution in [3.05, 3.63) is 74.6 Å². The average Bonchev–Trinajstić information content (AvgIpc) is 3.10. The predicted molar refractivity (Wildman–Crippen MR) is 102 cm³/mol. The highest BCUT2D eigenvalue weighted by Gasteiger charge is 2.10. The lowest BCUT2D eigenvalue weighted by Gasteiger charge is -2.13. The molecule has 0 saturated carbocycles. The van der Waals surface area contributed by atoms with E-state index in [4.69, 9.17) is 16.3 Å². The second-order valence-electron chi connectivity index (χ2n) is 5.54. The van der Waals surface area contributed by atoms with E-state index in [1.54, 1.807) is 29.1 Å². The fraction of sp³-hybridized carbons (Fsp3) is 0.167. The van der Waals surface area contributed by atoms with Gasteiger partial charge in [0.15, 0.2) is 10.9 Å². The molecule has 1 amide bonds. The van der Waals surface area contributed by atoms with Gasteiger partial charge in [-0.25, -0.2) is 4.98 Å². The summed E-state index contributed by atoms with van der Waals surface area (Å²) in [6.45, 7) is 1.98. The Kier molecular flexibility index (Phi) is 5.70.